The zero-order valence-corrected chi connectivity index (χ0v) is 16.5. The van der Waals surface area contributed by atoms with Gasteiger partial charge in [-0.1, -0.05) is 66.2 Å². The number of amides is 1. The number of carbonyl (C=O) groups is 1. The van der Waals surface area contributed by atoms with E-state index >= 15 is 0 Å². The molecule has 1 saturated heterocycles. The van der Waals surface area contributed by atoms with Crippen molar-refractivity contribution in [2.75, 3.05) is 13.1 Å². The van der Waals surface area contributed by atoms with Gasteiger partial charge in [0.05, 0.1) is 0 Å². The molecule has 1 aliphatic heterocycles. The molecule has 0 radical (unpaired) electrons. The molecule has 1 aliphatic rings. The minimum Gasteiger partial charge on any atom is -0.352 e. The minimum atomic E-state index is 0.134. The van der Waals surface area contributed by atoms with Crippen molar-refractivity contribution in [3.05, 3.63) is 83.4 Å². The van der Waals surface area contributed by atoms with Gasteiger partial charge >= 0.3 is 0 Å². The van der Waals surface area contributed by atoms with Crippen molar-refractivity contribution >= 4 is 16.7 Å². The van der Waals surface area contributed by atoms with Crippen molar-refractivity contribution in [3.63, 3.8) is 0 Å². The second kappa shape index (κ2) is 8.57. The summed E-state index contributed by atoms with van der Waals surface area (Å²) in [5, 5.41) is 5.60. The van der Waals surface area contributed by atoms with Crippen LogP contribution in [0.15, 0.2) is 66.7 Å². The highest BCUT2D eigenvalue weighted by molar-refractivity contribution is 5.83. The largest absolute Gasteiger partial charge is 0.352 e. The average Bonchev–Trinajstić information content (AvgIpc) is 2.72. The third-order valence-electron chi connectivity index (χ3n) is 5.73. The lowest BCUT2D eigenvalue weighted by atomic mass is 9.95. The summed E-state index contributed by atoms with van der Waals surface area (Å²) >= 11 is 0. The molecule has 3 aromatic rings. The number of carbonyl (C=O) groups excluding carboxylic acids is 1. The molecule has 3 aromatic carbocycles. The number of fused-ring (bicyclic) bond motifs is 1. The predicted octanol–water partition coefficient (Wildman–Crippen LogP) is 4.68. The van der Waals surface area contributed by atoms with Gasteiger partial charge in [-0.2, -0.15) is 0 Å². The maximum atomic E-state index is 12.6. The van der Waals surface area contributed by atoms with Gasteiger partial charge in [-0.3, -0.25) is 9.69 Å². The first kappa shape index (κ1) is 18.7. The van der Waals surface area contributed by atoms with Crippen LogP contribution in [0.4, 0.5) is 0 Å². The summed E-state index contributed by atoms with van der Waals surface area (Å²) < 4.78 is 0. The number of hydrogen-bond donors (Lipinski definition) is 1. The van der Waals surface area contributed by atoms with E-state index in [2.05, 4.69) is 83.9 Å². The maximum absolute atomic E-state index is 12.6. The summed E-state index contributed by atoms with van der Waals surface area (Å²) in [7, 11) is 0. The lowest BCUT2D eigenvalue weighted by molar-refractivity contribution is -0.126. The minimum absolute atomic E-state index is 0.134. The fraction of sp³-hybridized carbons (Fsp3) is 0.320. The number of nitrogens with zero attached hydrogens (tertiary/aromatic N) is 1. The number of rotatable bonds is 5. The molecule has 0 saturated carbocycles. The van der Waals surface area contributed by atoms with Crippen LogP contribution in [0.1, 0.15) is 29.5 Å². The molecule has 1 heterocycles. The first-order valence-electron chi connectivity index (χ1n) is 10.2. The predicted molar refractivity (Wildman–Crippen MR) is 115 cm³/mol. The summed E-state index contributed by atoms with van der Waals surface area (Å²) in [5.41, 5.74) is 3.82. The SMILES string of the molecule is Cc1cccc(CN2CCC(C(=O)NCc3ccc4ccccc4c3)CC2)c1. The van der Waals surface area contributed by atoms with Crippen LogP contribution in [-0.4, -0.2) is 23.9 Å². The Balaban J connectivity index is 1.26. The van der Waals surface area contributed by atoms with Crippen LogP contribution in [0, 0.1) is 12.8 Å². The van der Waals surface area contributed by atoms with Crippen molar-refractivity contribution in [1.82, 2.24) is 10.2 Å². The molecule has 1 amide bonds. The molecule has 0 unspecified atom stereocenters. The Morgan fingerprint density at radius 2 is 1.71 bits per heavy atom. The molecule has 3 heteroatoms. The third-order valence-corrected chi connectivity index (χ3v) is 5.73. The normalized spacial score (nSPS) is 15.6. The van der Waals surface area contributed by atoms with E-state index in [1.807, 2.05) is 0 Å². The highest BCUT2D eigenvalue weighted by Gasteiger charge is 2.24. The first-order valence-corrected chi connectivity index (χ1v) is 10.2. The van der Waals surface area contributed by atoms with E-state index in [1.165, 1.54) is 21.9 Å². The second-order valence-electron chi connectivity index (χ2n) is 7.94. The Kier molecular flexibility index (Phi) is 5.73. The Morgan fingerprint density at radius 1 is 0.929 bits per heavy atom. The van der Waals surface area contributed by atoms with E-state index in [-0.39, 0.29) is 11.8 Å². The highest BCUT2D eigenvalue weighted by atomic mass is 16.1. The monoisotopic (exact) mass is 372 g/mol. The molecule has 0 spiro atoms. The van der Waals surface area contributed by atoms with E-state index < -0.39 is 0 Å². The van der Waals surface area contributed by atoms with Gasteiger partial charge in [-0.15, -0.1) is 0 Å². The van der Waals surface area contributed by atoms with E-state index in [0.717, 1.165) is 38.0 Å². The first-order chi connectivity index (χ1) is 13.7. The number of piperidine rings is 1. The maximum Gasteiger partial charge on any atom is 0.223 e. The zero-order chi connectivity index (χ0) is 19.3. The molecule has 1 N–H and O–H groups in total. The van der Waals surface area contributed by atoms with Crippen LogP contribution < -0.4 is 5.32 Å². The summed E-state index contributed by atoms with van der Waals surface area (Å²) in [6.45, 7) is 5.69. The Morgan fingerprint density at radius 3 is 2.50 bits per heavy atom. The smallest absolute Gasteiger partial charge is 0.223 e. The molecule has 1 fully saturated rings. The standard InChI is InChI=1S/C25H28N2O/c1-19-5-4-6-21(15-19)18-27-13-11-23(12-14-27)25(28)26-17-20-9-10-22-7-2-3-8-24(22)16-20/h2-10,15-16,23H,11-14,17-18H2,1H3,(H,26,28). The highest BCUT2D eigenvalue weighted by Crippen LogP contribution is 2.20. The molecular weight excluding hydrogens is 344 g/mol. The molecule has 0 aromatic heterocycles. The van der Waals surface area contributed by atoms with Gasteiger partial charge in [0.2, 0.25) is 5.91 Å². The average molecular weight is 373 g/mol. The second-order valence-corrected chi connectivity index (χ2v) is 7.94. The Hall–Kier alpha value is -2.65. The van der Waals surface area contributed by atoms with Crippen molar-refractivity contribution < 1.29 is 4.79 Å². The fourth-order valence-corrected chi connectivity index (χ4v) is 4.10. The quantitative estimate of drug-likeness (QED) is 0.705. The molecular formula is C25H28N2O. The van der Waals surface area contributed by atoms with Crippen LogP contribution >= 0.6 is 0 Å². The summed E-state index contributed by atoms with van der Waals surface area (Å²) in [6, 6.07) is 23.4. The van der Waals surface area contributed by atoms with Gasteiger partial charge in [0.25, 0.3) is 0 Å². The number of aryl methyl sites for hydroxylation is 1. The Bertz CT molecular complexity index is 957. The zero-order valence-electron chi connectivity index (χ0n) is 16.5. The molecule has 144 valence electrons. The van der Waals surface area contributed by atoms with Crippen LogP contribution in [0.2, 0.25) is 0 Å². The van der Waals surface area contributed by atoms with E-state index in [4.69, 9.17) is 0 Å². The van der Waals surface area contributed by atoms with Crippen molar-refractivity contribution in [3.8, 4) is 0 Å². The number of nitrogens with one attached hydrogen (secondary N) is 1. The molecule has 3 nitrogen and oxygen atoms in total. The lowest BCUT2D eigenvalue weighted by Gasteiger charge is -2.31. The topological polar surface area (TPSA) is 32.3 Å². The fourth-order valence-electron chi connectivity index (χ4n) is 4.10. The summed E-state index contributed by atoms with van der Waals surface area (Å²) in [4.78, 5) is 15.1. The number of benzene rings is 3. The van der Waals surface area contributed by atoms with Crippen molar-refractivity contribution in [1.29, 1.82) is 0 Å². The summed E-state index contributed by atoms with van der Waals surface area (Å²) in [6.07, 6.45) is 1.88. The molecule has 0 aliphatic carbocycles. The molecule has 4 rings (SSSR count). The van der Waals surface area contributed by atoms with Gasteiger partial charge in [-0.05, 0) is 60.8 Å². The van der Waals surface area contributed by atoms with Gasteiger partial charge in [-0.25, -0.2) is 0 Å². The lowest BCUT2D eigenvalue weighted by Crippen LogP contribution is -2.40. The molecule has 28 heavy (non-hydrogen) atoms. The number of likely N-dealkylation sites (tertiary alicyclic amines) is 1. The third kappa shape index (κ3) is 4.60. The van der Waals surface area contributed by atoms with Gasteiger partial charge in [0.1, 0.15) is 0 Å². The van der Waals surface area contributed by atoms with Crippen molar-refractivity contribution in [2.24, 2.45) is 5.92 Å². The van der Waals surface area contributed by atoms with Crippen LogP contribution in [0.3, 0.4) is 0 Å². The molecule has 0 atom stereocenters. The van der Waals surface area contributed by atoms with E-state index in [9.17, 15) is 4.79 Å². The van der Waals surface area contributed by atoms with Gasteiger partial charge < -0.3 is 5.32 Å². The summed E-state index contributed by atoms with van der Waals surface area (Å²) in [5.74, 6) is 0.331. The van der Waals surface area contributed by atoms with E-state index in [1.54, 1.807) is 0 Å². The Labute approximate surface area is 167 Å². The van der Waals surface area contributed by atoms with Crippen LogP contribution in [-0.2, 0) is 17.9 Å². The van der Waals surface area contributed by atoms with Crippen molar-refractivity contribution in [2.45, 2.75) is 32.9 Å². The van der Waals surface area contributed by atoms with Gasteiger partial charge in [0, 0.05) is 19.0 Å². The molecule has 0 bridgehead atoms. The number of hydrogen-bond acceptors (Lipinski definition) is 2. The van der Waals surface area contributed by atoms with Gasteiger partial charge in [0.15, 0.2) is 0 Å². The van der Waals surface area contributed by atoms with Crippen LogP contribution in [0.5, 0.6) is 0 Å². The van der Waals surface area contributed by atoms with E-state index in [0.29, 0.717) is 6.54 Å². The van der Waals surface area contributed by atoms with Crippen LogP contribution in [0.25, 0.3) is 10.8 Å².